The van der Waals surface area contributed by atoms with Crippen LogP contribution >= 0.6 is 0 Å². The van der Waals surface area contributed by atoms with Crippen molar-refractivity contribution in [2.24, 2.45) is 0 Å². The van der Waals surface area contributed by atoms with E-state index in [1.807, 2.05) is 35.4 Å². The van der Waals surface area contributed by atoms with Crippen molar-refractivity contribution in [2.45, 2.75) is 20.0 Å². The van der Waals surface area contributed by atoms with Gasteiger partial charge in [-0.1, -0.05) is 30.3 Å². The zero-order valence-corrected chi connectivity index (χ0v) is 16.6. The van der Waals surface area contributed by atoms with Crippen LogP contribution in [0.3, 0.4) is 0 Å². The Balaban J connectivity index is 1.41. The van der Waals surface area contributed by atoms with Crippen LogP contribution in [0.2, 0.25) is 0 Å². The number of benzene rings is 2. The summed E-state index contributed by atoms with van der Waals surface area (Å²) in [6, 6.07) is 16.4. The third kappa shape index (κ3) is 3.62. The molecule has 1 aromatic heterocycles. The Morgan fingerprint density at radius 2 is 1.71 bits per heavy atom. The van der Waals surface area contributed by atoms with Gasteiger partial charge in [0.1, 0.15) is 5.75 Å². The van der Waals surface area contributed by atoms with E-state index in [0.717, 1.165) is 61.5 Å². The summed E-state index contributed by atoms with van der Waals surface area (Å²) in [6.07, 6.45) is 2.01. The first-order valence-electron chi connectivity index (χ1n) is 9.92. The van der Waals surface area contributed by atoms with Gasteiger partial charge in [-0.05, 0) is 30.7 Å². The van der Waals surface area contributed by atoms with Crippen LogP contribution in [0, 0.1) is 0 Å². The monoisotopic (exact) mass is 377 g/mol. The first kappa shape index (κ1) is 18.6. The van der Waals surface area contributed by atoms with Crippen molar-refractivity contribution >= 4 is 16.8 Å². The average molecular weight is 377 g/mol. The van der Waals surface area contributed by atoms with Gasteiger partial charge in [-0.3, -0.25) is 9.69 Å². The van der Waals surface area contributed by atoms with E-state index in [0.29, 0.717) is 0 Å². The molecular formula is C23H27N3O2. The number of piperazine rings is 1. The van der Waals surface area contributed by atoms with Crippen molar-refractivity contribution in [1.29, 1.82) is 0 Å². The number of methoxy groups -OCH3 is 1. The van der Waals surface area contributed by atoms with Gasteiger partial charge < -0.3 is 14.2 Å². The first-order valence-corrected chi connectivity index (χ1v) is 9.92. The largest absolute Gasteiger partial charge is 0.497 e. The molecular weight excluding hydrogens is 350 g/mol. The fraction of sp³-hybridized carbons (Fsp3) is 0.348. The van der Waals surface area contributed by atoms with Crippen molar-refractivity contribution in [3.8, 4) is 5.75 Å². The van der Waals surface area contributed by atoms with Gasteiger partial charge in [0.2, 0.25) is 0 Å². The molecule has 0 N–H and O–H groups in total. The maximum atomic E-state index is 13.2. The molecule has 2 aromatic carbocycles. The summed E-state index contributed by atoms with van der Waals surface area (Å²) < 4.78 is 7.38. The Morgan fingerprint density at radius 1 is 1.00 bits per heavy atom. The molecule has 1 amide bonds. The lowest BCUT2D eigenvalue weighted by Crippen LogP contribution is -2.48. The van der Waals surface area contributed by atoms with Crippen LogP contribution in [0.15, 0.2) is 54.7 Å². The van der Waals surface area contributed by atoms with Gasteiger partial charge in [-0.25, -0.2) is 0 Å². The minimum atomic E-state index is 0.146. The number of amides is 1. The number of rotatable bonds is 5. The van der Waals surface area contributed by atoms with E-state index in [4.69, 9.17) is 4.74 Å². The zero-order chi connectivity index (χ0) is 19.5. The minimum absolute atomic E-state index is 0.146. The van der Waals surface area contributed by atoms with E-state index in [9.17, 15) is 4.79 Å². The number of aryl methyl sites for hydroxylation is 1. The van der Waals surface area contributed by atoms with Crippen LogP contribution < -0.4 is 4.74 Å². The lowest BCUT2D eigenvalue weighted by molar-refractivity contribution is 0.0630. The highest BCUT2D eigenvalue weighted by Crippen LogP contribution is 2.23. The molecule has 1 saturated heterocycles. The Labute approximate surface area is 166 Å². The van der Waals surface area contributed by atoms with E-state index < -0.39 is 0 Å². The van der Waals surface area contributed by atoms with E-state index in [1.165, 1.54) is 5.56 Å². The van der Waals surface area contributed by atoms with E-state index in [1.54, 1.807) is 7.11 Å². The van der Waals surface area contributed by atoms with Crippen LogP contribution in [0.25, 0.3) is 10.9 Å². The normalized spacial score (nSPS) is 15.1. The summed E-state index contributed by atoms with van der Waals surface area (Å²) >= 11 is 0. The second-order valence-electron chi connectivity index (χ2n) is 7.26. The number of aromatic nitrogens is 1. The van der Waals surface area contributed by atoms with Crippen LogP contribution in [-0.2, 0) is 13.1 Å². The molecule has 0 unspecified atom stereocenters. The van der Waals surface area contributed by atoms with Crippen molar-refractivity contribution in [1.82, 2.24) is 14.4 Å². The van der Waals surface area contributed by atoms with Gasteiger partial charge in [-0.2, -0.15) is 0 Å². The molecule has 2 heterocycles. The molecule has 1 aliphatic rings. The first-order chi connectivity index (χ1) is 13.7. The SMILES string of the molecule is CCn1cc(C(=O)N2CCN(Cc3ccc(OC)cc3)CC2)c2ccccc21. The van der Waals surface area contributed by atoms with Crippen molar-refractivity contribution in [3.05, 3.63) is 65.9 Å². The number of nitrogens with zero attached hydrogens (tertiary/aromatic N) is 3. The number of hydrogen-bond acceptors (Lipinski definition) is 3. The summed E-state index contributed by atoms with van der Waals surface area (Å²) in [5, 5.41) is 1.05. The quantitative estimate of drug-likeness (QED) is 0.681. The molecule has 28 heavy (non-hydrogen) atoms. The Kier molecular flexibility index (Phi) is 5.35. The van der Waals surface area contributed by atoms with Gasteiger partial charge >= 0.3 is 0 Å². The lowest BCUT2D eigenvalue weighted by atomic mass is 10.1. The van der Waals surface area contributed by atoms with E-state index >= 15 is 0 Å². The van der Waals surface area contributed by atoms with Gasteiger partial charge in [-0.15, -0.1) is 0 Å². The second-order valence-corrected chi connectivity index (χ2v) is 7.26. The van der Waals surface area contributed by atoms with E-state index in [-0.39, 0.29) is 5.91 Å². The maximum absolute atomic E-state index is 13.2. The molecule has 0 spiro atoms. The molecule has 0 radical (unpaired) electrons. The number of ether oxygens (including phenoxy) is 1. The number of carbonyl (C=O) groups is 1. The maximum Gasteiger partial charge on any atom is 0.256 e. The number of hydrogen-bond donors (Lipinski definition) is 0. The number of para-hydroxylation sites is 1. The molecule has 0 atom stereocenters. The Bertz CT molecular complexity index is 954. The van der Waals surface area contributed by atoms with Gasteiger partial charge in [0.15, 0.2) is 0 Å². The highest BCUT2D eigenvalue weighted by molar-refractivity contribution is 6.07. The summed E-state index contributed by atoms with van der Waals surface area (Å²) in [4.78, 5) is 17.6. The van der Waals surface area contributed by atoms with Gasteiger partial charge in [0.05, 0.1) is 12.7 Å². The topological polar surface area (TPSA) is 37.7 Å². The lowest BCUT2D eigenvalue weighted by Gasteiger charge is -2.34. The molecule has 4 rings (SSSR count). The van der Waals surface area contributed by atoms with Crippen LogP contribution in [0.1, 0.15) is 22.8 Å². The molecule has 5 nitrogen and oxygen atoms in total. The molecule has 0 bridgehead atoms. The average Bonchev–Trinajstić information content (AvgIpc) is 3.13. The number of fused-ring (bicyclic) bond motifs is 1. The second kappa shape index (κ2) is 8.07. The van der Waals surface area contributed by atoms with Crippen LogP contribution in [-0.4, -0.2) is 53.6 Å². The molecule has 1 aliphatic heterocycles. The van der Waals surface area contributed by atoms with Gasteiger partial charge in [0, 0.05) is 56.4 Å². The molecule has 0 saturated carbocycles. The molecule has 1 fully saturated rings. The molecule has 5 heteroatoms. The summed E-state index contributed by atoms with van der Waals surface area (Å²) in [7, 11) is 1.68. The highest BCUT2D eigenvalue weighted by atomic mass is 16.5. The van der Waals surface area contributed by atoms with Crippen LogP contribution in [0.4, 0.5) is 0 Å². The minimum Gasteiger partial charge on any atom is -0.497 e. The van der Waals surface area contributed by atoms with Crippen molar-refractivity contribution < 1.29 is 9.53 Å². The third-order valence-electron chi connectivity index (χ3n) is 5.58. The standard InChI is InChI=1S/C23H27N3O2/c1-3-25-17-21(20-6-4-5-7-22(20)25)23(27)26-14-12-24(13-15-26)16-18-8-10-19(28-2)11-9-18/h4-11,17H,3,12-16H2,1-2H3. The highest BCUT2D eigenvalue weighted by Gasteiger charge is 2.24. The molecule has 0 aliphatic carbocycles. The third-order valence-corrected chi connectivity index (χ3v) is 5.58. The van der Waals surface area contributed by atoms with Crippen LogP contribution in [0.5, 0.6) is 5.75 Å². The van der Waals surface area contributed by atoms with Crippen molar-refractivity contribution in [2.75, 3.05) is 33.3 Å². The van der Waals surface area contributed by atoms with Crippen molar-refractivity contribution in [3.63, 3.8) is 0 Å². The predicted molar refractivity (Wildman–Crippen MR) is 112 cm³/mol. The molecule has 3 aromatic rings. The summed E-state index contributed by atoms with van der Waals surface area (Å²) in [5.41, 5.74) is 3.22. The van der Waals surface area contributed by atoms with Gasteiger partial charge in [0.25, 0.3) is 5.91 Å². The Morgan fingerprint density at radius 3 is 2.39 bits per heavy atom. The summed E-state index contributed by atoms with van der Waals surface area (Å²) in [5.74, 6) is 1.03. The smallest absolute Gasteiger partial charge is 0.256 e. The number of carbonyl (C=O) groups excluding carboxylic acids is 1. The molecule has 146 valence electrons. The van der Waals surface area contributed by atoms with E-state index in [2.05, 4.69) is 40.7 Å². The summed E-state index contributed by atoms with van der Waals surface area (Å²) in [6.45, 7) is 7.19. The zero-order valence-electron chi connectivity index (χ0n) is 16.6. The fourth-order valence-corrected chi connectivity index (χ4v) is 3.95. The fourth-order valence-electron chi connectivity index (χ4n) is 3.95. The predicted octanol–water partition coefficient (Wildman–Crippen LogP) is 3.63. The Hall–Kier alpha value is -2.79.